The first-order valence-electron chi connectivity index (χ1n) is 10.3. The average Bonchev–Trinajstić information content (AvgIpc) is 3.25. The number of carbonyl (C=O) groups excluding carboxylic acids is 1. The summed E-state index contributed by atoms with van der Waals surface area (Å²) in [7, 11) is 4.64. The van der Waals surface area contributed by atoms with Gasteiger partial charge in [-0.05, 0) is 36.2 Å². The molecule has 31 heavy (non-hydrogen) atoms. The summed E-state index contributed by atoms with van der Waals surface area (Å²) in [6.07, 6.45) is 1.02. The third-order valence-corrected chi connectivity index (χ3v) is 6.68. The van der Waals surface area contributed by atoms with Crippen molar-refractivity contribution in [3.05, 3.63) is 41.5 Å². The smallest absolute Gasteiger partial charge is 0.254 e. The first kappa shape index (κ1) is 21.2. The second kappa shape index (κ2) is 9.01. The summed E-state index contributed by atoms with van der Waals surface area (Å²) >= 11 is 1.72. The second-order valence-corrected chi connectivity index (χ2v) is 8.35. The maximum Gasteiger partial charge on any atom is 0.254 e. The van der Waals surface area contributed by atoms with E-state index < -0.39 is 0 Å². The van der Waals surface area contributed by atoms with Gasteiger partial charge >= 0.3 is 0 Å². The van der Waals surface area contributed by atoms with Gasteiger partial charge in [0.25, 0.3) is 5.91 Å². The number of carbonyl (C=O) groups is 1. The number of hydrogen-bond donors (Lipinski definition) is 0. The number of piperazine rings is 1. The van der Waals surface area contributed by atoms with Gasteiger partial charge in [0.2, 0.25) is 5.75 Å². The molecule has 0 bridgehead atoms. The van der Waals surface area contributed by atoms with Crippen LogP contribution < -0.4 is 19.1 Å². The molecule has 8 heteroatoms. The van der Waals surface area contributed by atoms with Crippen LogP contribution in [-0.2, 0) is 6.42 Å². The number of thiazole rings is 1. The largest absolute Gasteiger partial charge is 0.493 e. The Morgan fingerprint density at radius 2 is 1.68 bits per heavy atom. The Bertz CT molecular complexity index is 1060. The summed E-state index contributed by atoms with van der Waals surface area (Å²) in [5.41, 5.74) is 2.88. The van der Waals surface area contributed by atoms with Gasteiger partial charge in [0.05, 0.1) is 31.5 Å². The summed E-state index contributed by atoms with van der Waals surface area (Å²) in [6, 6.07) is 9.86. The molecule has 7 nitrogen and oxygen atoms in total. The number of methoxy groups -OCH3 is 3. The van der Waals surface area contributed by atoms with E-state index in [0.29, 0.717) is 35.9 Å². The van der Waals surface area contributed by atoms with E-state index in [9.17, 15) is 4.79 Å². The van der Waals surface area contributed by atoms with Crippen molar-refractivity contribution in [2.45, 2.75) is 13.3 Å². The molecular weight excluding hydrogens is 414 g/mol. The second-order valence-electron chi connectivity index (χ2n) is 7.35. The highest BCUT2D eigenvalue weighted by Gasteiger charge is 2.26. The van der Waals surface area contributed by atoms with Gasteiger partial charge in [-0.3, -0.25) is 4.79 Å². The fourth-order valence-electron chi connectivity index (χ4n) is 3.80. The standard InChI is InChI=1S/C23H27N3O4S/c1-5-15-6-7-17-20(12-15)31-23(24-17)26-10-8-25(9-11-26)22(27)16-13-18(28-2)21(30-4)19(14-16)29-3/h6-7,12-14H,5,8-11H2,1-4H3. The van der Waals surface area contributed by atoms with E-state index in [-0.39, 0.29) is 5.91 Å². The number of ether oxygens (including phenoxy) is 3. The highest BCUT2D eigenvalue weighted by Crippen LogP contribution is 2.38. The molecule has 0 atom stereocenters. The van der Waals surface area contributed by atoms with Crippen molar-refractivity contribution in [1.29, 1.82) is 0 Å². The minimum absolute atomic E-state index is 0.0456. The van der Waals surface area contributed by atoms with Crippen LogP contribution in [0.5, 0.6) is 17.2 Å². The Labute approximate surface area is 186 Å². The average molecular weight is 442 g/mol. The topological polar surface area (TPSA) is 64.1 Å². The molecule has 1 saturated heterocycles. The molecule has 0 unspecified atom stereocenters. The van der Waals surface area contributed by atoms with Crippen molar-refractivity contribution in [2.75, 3.05) is 52.4 Å². The number of benzene rings is 2. The molecule has 0 saturated carbocycles. The molecule has 1 fully saturated rings. The Hall–Kier alpha value is -3.00. The number of nitrogens with zero attached hydrogens (tertiary/aromatic N) is 3. The van der Waals surface area contributed by atoms with Crippen LogP contribution in [0.25, 0.3) is 10.2 Å². The molecule has 1 aromatic heterocycles. The van der Waals surface area contributed by atoms with Crippen LogP contribution in [0.3, 0.4) is 0 Å². The maximum absolute atomic E-state index is 13.1. The van der Waals surface area contributed by atoms with Gasteiger partial charge in [0.15, 0.2) is 16.6 Å². The molecule has 2 aromatic carbocycles. The van der Waals surface area contributed by atoms with Crippen molar-refractivity contribution < 1.29 is 19.0 Å². The maximum atomic E-state index is 13.1. The fourth-order valence-corrected chi connectivity index (χ4v) is 4.88. The monoisotopic (exact) mass is 441 g/mol. The zero-order valence-corrected chi connectivity index (χ0v) is 19.1. The fraction of sp³-hybridized carbons (Fsp3) is 0.391. The van der Waals surface area contributed by atoms with E-state index in [1.54, 1.807) is 44.8 Å². The molecule has 0 aliphatic carbocycles. The number of aryl methyl sites for hydroxylation is 1. The first-order chi connectivity index (χ1) is 15.1. The lowest BCUT2D eigenvalue weighted by Crippen LogP contribution is -2.48. The molecule has 164 valence electrons. The van der Waals surface area contributed by atoms with Crippen LogP contribution in [0.4, 0.5) is 5.13 Å². The number of fused-ring (bicyclic) bond motifs is 1. The molecule has 0 spiro atoms. The predicted molar refractivity (Wildman–Crippen MR) is 123 cm³/mol. The summed E-state index contributed by atoms with van der Waals surface area (Å²) in [5.74, 6) is 1.39. The van der Waals surface area contributed by atoms with Crippen LogP contribution in [-0.4, -0.2) is 63.3 Å². The van der Waals surface area contributed by atoms with Gasteiger partial charge in [0, 0.05) is 31.7 Å². The molecule has 3 aromatic rings. The normalized spacial score (nSPS) is 14.1. The van der Waals surface area contributed by atoms with E-state index >= 15 is 0 Å². The van der Waals surface area contributed by atoms with Gasteiger partial charge in [-0.2, -0.15) is 0 Å². The molecule has 1 aliphatic heterocycles. The lowest BCUT2D eigenvalue weighted by Gasteiger charge is -2.34. The van der Waals surface area contributed by atoms with Crippen LogP contribution >= 0.6 is 11.3 Å². The minimum atomic E-state index is -0.0456. The lowest BCUT2D eigenvalue weighted by molar-refractivity contribution is 0.0746. The summed E-state index contributed by atoms with van der Waals surface area (Å²) in [5, 5.41) is 1.02. The Kier molecular flexibility index (Phi) is 6.18. The number of rotatable bonds is 6. The van der Waals surface area contributed by atoms with Gasteiger partial charge in [-0.1, -0.05) is 24.3 Å². The number of aromatic nitrogens is 1. The molecule has 4 rings (SSSR count). The predicted octanol–water partition coefficient (Wildman–Crippen LogP) is 3.85. The number of amides is 1. The van der Waals surface area contributed by atoms with Crippen LogP contribution in [0, 0.1) is 0 Å². The number of anilines is 1. The molecule has 1 aliphatic rings. The highest BCUT2D eigenvalue weighted by atomic mass is 32.1. The van der Waals surface area contributed by atoms with E-state index in [0.717, 1.165) is 30.2 Å². The summed E-state index contributed by atoms with van der Waals surface area (Å²) < 4.78 is 17.3. The third-order valence-electron chi connectivity index (χ3n) is 5.60. The number of hydrogen-bond acceptors (Lipinski definition) is 7. The van der Waals surface area contributed by atoms with Gasteiger partial charge in [-0.25, -0.2) is 4.98 Å². The Morgan fingerprint density at radius 3 is 2.26 bits per heavy atom. The van der Waals surface area contributed by atoms with E-state index in [1.165, 1.54) is 10.3 Å². The molecule has 0 N–H and O–H groups in total. The van der Waals surface area contributed by atoms with Gasteiger partial charge < -0.3 is 24.0 Å². The van der Waals surface area contributed by atoms with Crippen LogP contribution in [0.15, 0.2) is 30.3 Å². The molecule has 0 radical (unpaired) electrons. The Balaban J connectivity index is 1.48. The van der Waals surface area contributed by atoms with Crippen molar-refractivity contribution >= 4 is 32.6 Å². The zero-order valence-electron chi connectivity index (χ0n) is 18.3. The highest BCUT2D eigenvalue weighted by molar-refractivity contribution is 7.22. The molecule has 2 heterocycles. The van der Waals surface area contributed by atoms with Crippen molar-refractivity contribution in [2.24, 2.45) is 0 Å². The van der Waals surface area contributed by atoms with E-state index in [1.807, 2.05) is 4.90 Å². The van der Waals surface area contributed by atoms with Crippen molar-refractivity contribution in [3.63, 3.8) is 0 Å². The van der Waals surface area contributed by atoms with Crippen LogP contribution in [0.1, 0.15) is 22.8 Å². The zero-order chi connectivity index (χ0) is 22.0. The van der Waals surface area contributed by atoms with Gasteiger partial charge in [0.1, 0.15) is 0 Å². The Morgan fingerprint density at radius 1 is 1.00 bits per heavy atom. The minimum Gasteiger partial charge on any atom is -0.493 e. The third kappa shape index (κ3) is 4.12. The first-order valence-corrected chi connectivity index (χ1v) is 11.1. The van der Waals surface area contributed by atoms with Crippen molar-refractivity contribution in [3.8, 4) is 17.2 Å². The quantitative estimate of drug-likeness (QED) is 0.579. The van der Waals surface area contributed by atoms with E-state index in [4.69, 9.17) is 19.2 Å². The van der Waals surface area contributed by atoms with E-state index in [2.05, 4.69) is 30.0 Å². The van der Waals surface area contributed by atoms with Crippen molar-refractivity contribution in [1.82, 2.24) is 9.88 Å². The van der Waals surface area contributed by atoms with Gasteiger partial charge in [-0.15, -0.1) is 0 Å². The molecular formula is C23H27N3O4S. The lowest BCUT2D eigenvalue weighted by atomic mass is 10.1. The van der Waals surface area contributed by atoms with Crippen LogP contribution in [0.2, 0.25) is 0 Å². The summed E-state index contributed by atoms with van der Waals surface area (Å²) in [4.78, 5) is 22.1. The SMILES string of the molecule is CCc1ccc2nc(N3CCN(C(=O)c4cc(OC)c(OC)c(OC)c4)CC3)sc2c1. The molecule has 1 amide bonds. The summed E-state index contributed by atoms with van der Waals surface area (Å²) in [6.45, 7) is 4.91.